The van der Waals surface area contributed by atoms with E-state index in [4.69, 9.17) is 5.73 Å². The number of primary amides is 1. The van der Waals surface area contributed by atoms with Gasteiger partial charge in [0.2, 0.25) is 5.91 Å². The van der Waals surface area contributed by atoms with Crippen LogP contribution in [0.4, 0.5) is 0 Å². The molecule has 0 saturated carbocycles. The molecule has 1 rings (SSSR count). The van der Waals surface area contributed by atoms with E-state index in [9.17, 15) is 14.7 Å². The van der Waals surface area contributed by atoms with Gasteiger partial charge in [-0.25, -0.2) is 0 Å². The number of aliphatic hydroxyl groups is 1. The number of nitrogens with zero attached hydrogens (tertiary/aromatic N) is 1. The van der Waals surface area contributed by atoms with Crippen molar-refractivity contribution in [2.24, 2.45) is 18.7 Å². The van der Waals surface area contributed by atoms with Gasteiger partial charge < -0.3 is 20.7 Å². The molecule has 1 heterocycles. The van der Waals surface area contributed by atoms with Gasteiger partial charge in [0.25, 0.3) is 5.91 Å². The van der Waals surface area contributed by atoms with E-state index in [1.165, 1.54) is 12.3 Å². The minimum Gasteiger partial charge on any atom is -0.391 e. The predicted octanol–water partition coefficient (Wildman–Crippen LogP) is 0.651. The van der Waals surface area contributed by atoms with Crippen molar-refractivity contribution in [1.29, 1.82) is 0 Å². The van der Waals surface area contributed by atoms with Crippen LogP contribution in [-0.4, -0.2) is 34.1 Å². The molecule has 112 valence electrons. The summed E-state index contributed by atoms with van der Waals surface area (Å²) < 4.78 is 1.54. The van der Waals surface area contributed by atoms with Gasteiger partial charge in [-0.3, -0.25) is 9.59 Å². The summed E-state index contributed by atoms with van der Waals surface area (Å²) in [5.41, 5.74) is 5.80. The van der Waals surface area contributed by atoms with Gasteiger partial charge in [0, 0.05) is 19.8 Å². The summed E-state index contributed by atoms with van der Waals surface area (Å²) in [5.74, 6) is -0.730. The summed E-state index contributed by atoms with van der Waals surface area (Å²) in [4.78, 5) is 23.1. The van der Waals surface area contributed by atoms with Crippen LogP contribution in [0.1, 0.15) is 47.5 Å². The highest BCUT2D eigenvalue weighted by atomic mass is 16.3. The number of aliphatic hydroxyl groups excluding tert-OH is 1. The first-order valence-electron chi connectivity index (χ1n) is 6.83. The standard InChI is InChI=1S/C14H23N3O3/c1-4-9(5-2)12(18)7-16-14(20)11-6-10(13(15)19)8-17(11)3/h6,8-9,12,18H,4-5,7H2,1-3H3,(H2,15,19)(H,16,20). The second-order valence-corrected chi connectivity index (χ2v) is 4.94. The molecule has 6 nitrogen and oxygen atoms in total. The highest BCUT2D eigenvalue weighted by Gasteiger charge is 2.18. The Labute approximate surface area is 119 Å². The number of hydrogen-bond acceptors (Lipinski definition) is 3. The third-order valence-corrected chi connectivity index (χ3v) is 3.59. The van der Waals surface area contributed by atoms with Crippen LogP contribution in [-0.2, 0) is 7.05 Å². The molecule has 0 aliphatic carbocycles. The number of aryl methyl sites for hydroxylation is 1. The van der Waals surface area contributed by atoms with E-state index in [2.05, 4.69) is 5.32 Å². The maximum Gasteiger partial charge on any atom is 0.268 e. The topological polar surface area (TPSA) is 97.3 Å². The second-order valence-electron chi connectivity index (χ2n) is 4.94. The average molecular weight is 281 g/mol. The molecule has 0 aliphatic rings. The zero-order chi connectivity index (χ0) is 15.3. The summed E-state index contributed by atoms with van der Waals surface area (Å²) >= 11 is 0. The van der Waals surface area contributed by atoms with E-state index in [-0.39, 0.29) is 23.9 Å². The Morgan fingerprint density at radius 1 is 1.40 bits per heavy atom. The van der Waals surface area contributed by atoms with Gasteiger partial charge in [-0.1, -0.05) is 26.7 Å². The molecule has 0 radical (unpaired) electrons. The number of carbonyl (C=O) groups excluding carboxylic acids is 2. The van der Waals surface area contributed by atoms with Crippen LogP contribution in [0.3, 0.4) is 0 Å². The van der Waals surface area contributed by atoms with Crippen molar-refractivity contribution in [1.82, 2.24) is 9.88 Å². The van der Waals surface area contributed by atoms with Gasteiger partial charge in [-0.15, -0.1) is 0 Å². The molecule has 20 heavy (non-hydrogen) atoms. The molecule has 0 saturated heterocycles. The fraction of sp³-hybridized carbons (Fsp3) is 0.571. The predicted molar refractivity (Wildman–Crippen MR) is 76.3 cm³/mol. The van der Waals surface area contributed by atoms with E-state index >= 15 is 0 Å². The Kier molecular flexibility index (Phi) is 5.76. The van der Waals surface area contributed by atoms with Crippen LogP contribution in [0.2, 0.25) is 0 Å². The third-order valence-electron chi connectivity index (χ3n) is 3.59. The summed E-state index contributed by atoms with van der Waals surface area (Å²) in [6, 6.07) is 1.45. The van der Waals surface area contributed by atoms with Crippen LogP contribution >= 0.6 is 0 Å². The fourth-order valence-electron chi connectivity index (χ4n) is 2.21. The van der Waals surface area contributed by atoms with Gasteiger partial charge in [0.05, 0.1) is 11.7 Å². The second kappa shape index (κ2) is 7.09. The Morgan fingerprint density at radius 3 is 2.45 bits per heavy atom. The molecule has 1 atom stereocenters. The Hall–Kier alpha value is -1.82. The molecule has 1 aromatic heterocycles. The minimum absolute atomic E-state index is 0.171. The molecule has 0 aromatic carbocycles. The third kappa shape index (κ3) is 3.84. The molecule has 4 N–H and O–H groups in total. The SMILES string of the molecule is CCC(CC)C(O)CNC(=O)c1cc(C(N)=O)cn1C. The number of rotatable bonds is 7. The highest BCUT2D eigenvalue weighted by molar-refractivity contribution is 5.98. The Balaban J connectivity index is 2.65. The summed E-state index contributed by atoms with van der Waals surface area (Å²) in [5, 5.41) is 12.7. The van der Waals surface area contributed by atoms with Crippen molar-refractivity contribution in [3.63, 3.8) is 0 Å². The normalized spacial score (nSPS) is 12.4. The van der Waals surface area contributed by atoms with E-state index in [0.717, 1.165) is 12.8 Å². The fourth-order valence-corrected chi connectivity index (χ4v) is 2.21. The first-order chi connectivity index (χ1) is 9.40. The van der Waals surface area contributed by atoms with Crippen molar-refractivity contribution < 1.29 is 14.7 Å². The molecule has 0 spiro atoms. The zero-order valence-electron chi connectivity index (χ0n) is 12.2. The van der Waals surface area contributed by atoms with Crippen molar-refractivity contribution in [3.8, 4) is 0 Å². The average Bonchev–Trinajstić information content (AvgIpc) is 2.80. The molecule has 0 fully saturated rings. The first kappa shape index (κ1) is 16.2. The number of nitrogens with one attached hydrogen (secondary N) is 1. The number of nitrogens with two attached hydrogens (primary N) is 1. The van der Waals surface area contributed by atoms with Gasteiger partial charge in [0.1, 0.15) is 5.69 Å². The van der Waals surface area contributed by atoms with Crippen LogP contribution in [0.15, 0.2) is 12.3 Å². The lowest BCUT2D eigenvalue weighted by Crippen LogP contribution is -2.36. The van der Waals surface area contributed by atoms with Gasteiger partial charge >= 0.3 is 0 Å². The quantitative estimate of drug-likeness (QED) is 0.684. The monoisotopic (exact) mass is 281 g/mol. The number of amides is 2. The molecule has 1 aromatic rings. The lowest BCUT2D eigenvalue weighted by molar-refractivity contribution is 0.0810. The Bertz CT molecular complexity index is 478. The lowest BCUT2D eigenvalue weighted by atomic mass is 9.96. The largest absolute Gasteiger partial charge is 0.391 e. The van der Waals surface area contributed by atoms with Gasteiger partial charge in [-0.05, 0) is 12.0 Å². The van der Waals surface area contributed by atoms with E-state index in [1.807, 2.05) is 13.8 Å². The first-order valence-corrected chi connectivity index (χ1v) is 6.83. The molecule has 6 heteroatoms. The molecule has 0 aliphatic heterocycles. The van der Waals surface area contributed by atoms with Crippen molar-refractivity contribution >= 4 is 11.8 Å². The molecule has 1 unspecified atom stereocenters. The highest BCUT2D eigenvalue weighted by Crippen LogP contribution is 2.12. The van der Waals surface area contributed by atoms with Crippen molar-refractivity contribution in [3.05, 3.63) is 23.5 Å². The van der Waals surface area contributed by atoms with E-state index in [0.29, 0.717) is 5.69 Å². The summed E-state index contributed by atoms with van der Waals surface area (Å²) in [6.45, 7) is 4.22. The van der Waals surface area contributed by atoms with Crippen molar-refractivity contribution in [2.45, 2.75) is 32.8 Å². The maximum atomic E-state index is 12.0. The number of aromatic nitrogens is 1. The smallest absolute Gasteiger partial charge is 0.268 e. The van der Waals surface area contributed by atoms with Crippen LogP contribution in [0.5, 0.6) is 0 Å². The van der Waals surface area contributed by atoms with Gasteiger partial charge in [-0.2, -0.15) is 0 Å². The van der Waals surface area contributed by atoms with E-state index < -0.39 is 12.0 Å². The van der Waals surface area contributed by atoms with E-state index in [1.54, 1.807) is 11.6 Å². The lowest BCUT2D eigenvalue weighted by Gasteiger charge is -2.20. The Morgan fingerprint density at radius 2 is 2.00 bits per heavy atom. The van der Waals surface area contributed by atoms with Crippen LogP contribution < -0.4 is 11.1 Å². The number of carbonyl (C=O) groups is 2. The summed E-state index contributed by atoms with van der Waals surface area (Å²) in [6.07, 6.45) is 2.67. The molecular weight excluding hydrogens is 258 g/mol. The van der Waals surface area contributed by atoms with Gasteiger partial charge in [0.15, 0.2) is 0 Å². The zero-order valence-corrected chi connectivity index (χ0v) is 12.2. The number of hydrogen-bond donors (Lipinski definition) is 3. The maximum absolute atomic E-state index is 12.0. The minimum atomic E-state index is -0.572. The van der Waals surface area contributed by atoms with Crippen molar-refractivity contribution in [2.75, 3.05) is 6.54 Å². The van der Waals surface area contributed by atoms with Crippen LogP contribution in [0.25, 0.3) is 0 Å². The summed E-state index contributed by atoms with van der Waals surface area (Å²) in [7, 11) is 1.67. The molecule has 2 amide bonds. The molecular formula is C14H23N3O3. The van der Waals surface area contributed by atoms with Crippen LogP contribution in [0, 0.1) is 5.92 Å². The molecule has 0 bridgehead atoms.